The third-order valence-electron chi connectivity index (χ3n) is 2.54. The van der Waals surface area contributed by atoms with Crippen LogP contribution >= 0.6 is 11.6 Å². The number of carboxylic acid groups (broad SMARTS) is 1. The Balaban J connectivity index is 2.34. The Bertz CT molecular complexity index is 579. The molecule has 0 amide bonds. The third kappa shape index (κ3) is 2.81. The van der Waals surface area contributed by atoms with Gasteiger partial charge in [-0.1, -0.05) is 29.3 Å². The first-order chi connectivity index (χ1) is 8.56. The number of hydrogen-bond donors (Lipinski definition) is 2. The van der Waals surface area contributed by atoms with Crippen LogP contribution in [0.1, 0.15) is 15.9 Å². The fourth-order valence-corrected chi connectivity index (χ4v) is 1.77. The first-order valence-electron chi connectivity index (χ1n) is 5.43. The molecule has 3 nitrogen and oxygen atoms in total. The molecule has 0 radical (unpaired) electrons. The van der Waals surface area contributed by atoms with Crippen molar-refractivity contribution in [2.45, 2.75) is 6.92 Å². The Kier molecular flexibility index (Phi) is 3.53. The minimum Gasteiger partial charge on any atom is -0.478 e. The molecule has 2 N–H and O–H groups in total. The molecular weight excluding hydrogens is 250 g/mol. The van der Waals surface area contributed by atoms with Gasteiger partial charge < -0.3 is 10.4 Å². The van der Waals surface area contributed by atoms with Crippen molar-refractivity contribution < 1.29 is 9.90 Å². The smallest absolute Gasteiger partial charge is 0.337 e. The van der Waals surface area contributed by atoms with Gasteiger partial charge in [-0.2, -0.15) is 0 Å². The quantitative estimate of drug-likeness (QED) is 0.875. The lowest BCUT2D eigenvalue weighted by Gasteiger charge is -2.10. The number of rotatable bonds is 3. The zero-order valence-electron chi connectivity index (χ0n) is 9.77. The van der Waals surface area contributed by atoms with E-state index in [9.17, 15) is 4.79 Å². The summed E-state index contributed by atoms with van der Waals surface area (Å²) in [5.41, 5.74) is 2.67. The molecule has 0 aliphatic heterocycles. The van der Waals surface area contributed by atoms with Crippen molar-refractivity contribution in [3.05, 3.63) is 58.6 Å². The van der Waals surface area contributed by atoms with Crippen LogP contribution in [0.2, 0.25) is 5.02 Å². The topological polar surface area (TPSA) is 49.3 Å². The number of nitrogens with one attached hydrogen (secondary N) is 1. The highest BCUT2D eigenvalue weighted by Gasteiger charge is 2.10. The maximum Gasteiger partial charge on any atom is 0.337 e. The molecule has 0 saturated heterocycles. The maximum absolute atomic E-state index is 11.1. The number of benzene rings is 2. The summed E-state index contributed by atoms with van der Waals surface area (Å²) < 4.78 is 0. The Labute approximate surface area is 110 Å². The summed E-state index contributed by atoms with van der Waals surface area (Å²) in [6.07, 6.45) is 0. The van der Waals surface area contributed by atoms with Crippen LogP contribution in [-0.2, 0) is 0 Å². The van der Waals surface area contributed by atoms with E-state index in [1.807, 2.05) is 31.2 Å². The van der Waals surface area contributed by atoms with Gasteiger partial charge in [0.15, 0.2) is 0 Å². The fourth-order valence-electron chi connectivity index (χ4n) is 1.59. The molecule has 4 heteroatoms. The van der Waals surface area contributed by atoms with E-state index in [-0.39, 0.29) is 5.56 Å². The van der Waals surface area contributed by atoms with Crippen molar-refractivity contribution in [2.24, 2.45) is 0 Å². The van der Waals surface area contributed by atoms with Gasteiger partial charge in [-0.15, -0.1) is 0 Å². The Morgan fingerprint density at radius 1 is 1.17 bits per heavy atom. The Morgan fingerprint density at radius 2 is 1.83 bits per heavy atom. The molecule has 0 heterocycles. The van der Waals surface area contributed by atoms with Gasteiger partial charge in [-0.3, -0.25) is 0 Å². The molecule has 18 heavy (non-hydrogen) atoms. The largest absolute Gasteiger partial charge is 0.478 e. The van der Waals surface area contributed by atoms with Gasteiger partial charge >= 0.3 is 5.97 Å². The first kappa shape index (κ1) is 12.5. The molecule has 0 fully saturated rings. The molecule has 0 bridgehead atoms. The second-order valence-corrected chi connectivity index (χ2v) is 4.42. The van der Waals surface area contributed by atoms with Crippen molar-refractivity contribution in [3.8, 4) is 0 Å². The van der Waals surface area contributed by atoms with E-state index < -0.39 is 5.97 Å². The summed E-state index contributed by atoms with van der Waals surface area (Å²) in [5.74, 6) is -1.01. The highest BCUT2D eigenvalue weighted by atomic mass is 35.5. The third-order valence-corrected chi connectivity index (χ3v) is 2.78. The lowest BCUT2D eigenvalue weighted by Crippen LogP contribution is -2.02. The SMILES string of the molecule is Cc1ccc(Nc2ccc(Cl)cc2C(=O)O)cc1. The summed E-state index contributed by atoms with van der Waals surface area (Å²) in [5, 5.41) is 12.6. The van der Waals surface area contributed by atoms with E-state index in [1.165, 1.54) is 6.07 Å². The number of carboxylic acids is 1. The molecule has 92 valence electrons. The van der Waals surface area contributed by atoms with Crippen LogP contribution < -0.4 is 5.32 Å². The van der Waals surface area contributed by atoms with Gasteiger partial charge in [0.05, 0.1) is 11.3 Å². The summed E-state index contributed by atoms with van der Waals surface area (Å²) in [6.45, 7) is 1.99. The van der Waals surface area contributed by atoms with Gasteiger partial charge in [0.2, 0.25) is 0 Å². The normalized spacial score (nSPS) is 10.1. The van der Waals surface area contributed by atoms with E-state index in [4.69, 9.17) is 16.7 Å². The molecule has 2 rings (SSSR count). The van der Waals surface area contributed by atoms with Gasteiger partial charge in [0.25, 0.3) is 0 Å². The van der Waals surface area contributed by atoms with Crippen LogP contribution in [0.25, 0.3) is 0 Å². The van der Waals surface area contributed by atoms with Crippen molar-refractivity contribution >= 4 is 28.9 Å². The predicted octanol–water partition coefficient (Wildman–Crippen LogP) is 4.09. The molecule has 0 spiro atoms. The first-order valence-corrected chi connectivity index (χ1v) is 5.80. The van der Waals surface area contributed by atoms with E-state index in [2.05, 4.69) is 5.32 Å². The van der Waals surface area contributed by atoms with E-state index in [1.54, 1.807) is 12.1 Å². The van der Waals surface area contributed by atoms with Crippen molar-refractivity contribution in [1.82, 2.24) is 0 Å². The highest BCUT2D eigenvalue weighted by molar-refractivity contribution is 6.31. The zero-order valence-corrected chi connectivity index (χ0v) is 10.5. The van der Waals surface area contributed by atoms with Gasteiger partial charge in [0.1, 0.15) is 0 Å². The molecule has 0 aromatic heterocycles. The molecule has 2 aromatic carbocycles. The van der Waals surface area contributed by atoms with Crippen LogP contribution in [0.15, 0.2) is 42.5 Å². The lowest BCUT2D eigenvalue weighted by atomic mass is 10.1. The average molecular weight is 262 g/mol. The summed E-state index contributed by atoms with van der Waals surface area (Å²) in [7, 11) is 0. The molecular formula is C14H12ClNO2. The average Bonchev–Trinajstić information content (AvgIpc) is 2.34. The van der Waals surface area contributed by atoms with E-state index >= 15 is 0 Å². The monoisotopic (exact) mass is 261 g/mol. The number of hydrogen-bond acceptors (Lipinski definition) is 2. The minimum absolute atomic E-state index is 0.156. The van der Waals surface area contributed by atoms with Crippen LogP contribution in [0.3, 0.4) is 0 Å². The highest BCUT2D eigenvalue weighted by Crippen LogP contribution is 2.24. The standard InChI is InChI=1S/C14H12ClNO2/c1-9-2-5-11(6-3-9)16-13-7-4-10(15)8-12(13)14(17)18/h2-8,16H,1H3,(H,17,18). The van der Waals surface area contributed by atoms with Crippen molar-refractivity contribution in [2.75, 3.05) is 5.32 Å². The number of carbonyl (C=O) groups is 1. The zero-order chi connectivity index (χ0) is 13.1. The summed E-state index contributed by atoms with van der Waals surface area (Å²) in [4.78, 5) is 11.1. The van der Waals surface area contributed by atoms with Crippen LogP contribution in [-0.4, -0.2) is 11.1 Å². The maximum atomic E-state index is 11.1. The molecule has 0 saturated carbocycles. The lowest BCUT2D eigenvalue weighted by molar-refractivity contribution is 0.0698. The van der Waals surface area contributed by atoms with Gasteiger partial charge in [0, 0.05) is 10.7 Å². The van der Waals surface area contributed by atoms with Gasteiger partial charge in [-0.05, 0) is 37.3 Å². The van der Waals surface area contributed by atoms with Crippen molar-refractivity contribution in [1.29, 1.82) is 0 Å². The molecule has 0 atom stereocenters. The predicted molar refractivity (Wildman–Crippen MR) is 72.9 cm³/mol. The fraction of sp³-hybridized carbons (Fsp3) is 0.0714. The number of aryl methyl sites for hydroxylation is 1. The number of halogens is 1. The Hall–Kier alpha value is -2.00. The Morgan fingerprint density at radius 3 is 2.44 bits per heavy atom. The van der Waals surface area contributed by atoms with Crippen LogP contribution in [0.5, 0.6) is 0 Å². The van der Waals surface area contributed by atoms with Crippen LogP contribution in [0.4, 0.5) is 11.4 Å². The summed E-state index contributed by atoms with van der Waals surface area (Å²) in [6, 6.07) is 12.5. The molecule has 0 aliphatic carbocycles. The number of anilines is 2. The second kappa shape index (κ2) is 5.10. The second-order valence-electron chi connectivity index (χ2n) is 3.99. The van der Waals surface area contributed by atoms with Crippen molar-refractivity contribution in [3.63, 3.8) is 0 Å². The number of aromatic carboxylic acids is 1. The minimum atomic E-state index is -1.01. The molecule has 0 unspecified atom stereocenters. The van der Waals surface area contributed by atoms with Crippen LogP contribution in [0, 0.1) is 6.92 Å². The van der Waals surface area contributed by atoms with Gasteiger partial charge in [-0.25, -0.2) is 4.79 Å². The molecule has 2 aromatic rings. The van der Waals surface area contributed by atoms with E-state index in [0.717, 1.165) is 11.3 Å². The summed E-state index contributed by atoms with van der Waals surface area (Å²) >= 11 is 5.79. The van der Waals surface area contributed by atoms with E-state index in [0.29, 0.717) is 10.7 Å². The molecule has 0 aliphatic rings.